The summed E-state index contributed by atoms with van der Waals surface area (Å²) in [5.41, 5.74) is 3.49. The smallest absolute Gasteiger partial charge is 0.257 e. The lowest BCUT2D eigenvalue weighted by Crippen LogP contribution is -2.31. The second kappa shape index (κ2) is 9.80. The number of hydrogen-bond donors (Lipinski definition) is 3. The Labute approximate surface area is 202 Å². The summed E-state index contributed by atoms with van der Waals surface area (Å²) >= 11 is 0. The van der Waals surface area contributed by atoms with Crippen LogP contribution in [-0.2, 0) is 4.79 Å². The summed E-state index contributed by atoms with van der Waals surface area (Å²) in [6.07, 6.45) is 1.79. The fourth-order valence-corrected chi connectivity index (χ4v) is 3.70. The summed E-state index contributed by atoms with van der Waals surface area (Å²) in [5, 5.41) is 15.3. The van der Waals surface area contributed by atoms with Crippen molar-refractivity contribution < 1.29 is 9.53 Å². The van der Waals surface area contributed by atoms with E-state index in [-0.39, 0.29) is 12.5 Å². The number of carbonyl (C=O) groups is 1. The van der Waals surface area contributed by atoms with Crippen LogP contribution in [0.1, 0.15) is 13.8 Å². The predicted molar refractivity (Wildman–Crippen MR) is 138 cm³/mol. The van der Waals surface area contributed by atoms with Gasteiger partial charge in [-0.05, 0) is 48.4 Å². The number of para-hydroxylation sites is 1. The van der Waals surface area contributed by atoms with E-state index >= 15 is 0 Å². The lowest BCUT2D eigenvalue weighted by atomic mass is 10.1. The van der Waals surface area contributed by atoms with Crippen molar-refractivity contribution in [2.45, 2.75) is 13.8 Å². The number of aromatic amines is 1. The Morgan fingerprint density at radius 1 is 1.03 bits per heavy atom. The molecule has 5 rings (SSSR count). The number of ether oxygens (including phenoxy) is 1. The van der Waals surface area contributed by atoms with Crippen LogP contribution in [0.15, 0.2) is 72.9 Å². The highest BCUT2D eigenvalue weighted by Crippen LogP contribution is 2.29. The summed E-state index contributed by atoms with van der Waals surface area (Å²) in [5.74, 6) is 2.08. The molecule has 5 aromatic rings. The predicted octanol–water partition coefficient (Wildman–Crippen LogP) is 5.07. The van der Waals surface area contributed by atoms with Gasteiger partial charge in [-0.2, -0.15) is 5.10 Å². The van der Waals surface area contributed by atoms with Crippen molar-refractivity contribution in [2.24, 2.45) is 5.92 Å². The molecular weight excluding hydrogens is 440 g/mol. The molecule has 0 aliphatic heterocycles. The van der Waals surface area contributed by atoms with Crippen molar-refractivity contribution in [1.29, 1.82) is 0 Å². The molecule has 176 valence electrons. The number of rotatable bonds is 8. The van der Waals surface area contributed by atoms with E-state index in [1.165, 1.54) is 0 Å². The highest BCUT2D eigenvalue weighted by atomic mass is 16.5. The maximum atomic E-state index is 12.0. The van der Waals surface area contributed by atoms with Crippen LogP contribution in [-0.4, -0.2) is 39.2 Å². The molecule has 0 radical (unpaired) electrons. The second-order valence-electron chi connectivity index (χ2n) is 8.72. The van der Waals surface area contributed by atoms with Crippen molar-refractivity contribution in [1.82, 2.24) is 25.5 Å². The monoisotopic (exact) mass is 466 g/mol. The second-order valence-corrected chi connectivity index (χ2v) is 8.72. The van der Waals surface area contributed by atoms with E-state index in [4.69, 9.17) is 14.7 Å². The molecule has 0 aliphatic rings. The third-order valence-electron chi connectivity index (χ3n) is 5.48. The first-order chi connectivity index (χ1) is 17.0. The Morgan fingerprint density at radius 2 is 1.91 bits per heavy atom. The topological polar surface area (TPSA) is 105 Å². The van der Waals surface area contributed by atoms with Gasteiger partial charge in [-0.1, -0.05) is 38.1 Å². The third-order valence-corrected chi connectivity index (χ3v) is 5.48. The number of anilines is 2. The lowest BCUT2D eigenvalue weighted by molar-refractivity contribution is -0.123. The Morgan fingerprint density at radius 3 is 2.80 bits per heavy atom. The highest BCUT2D eigenvalue weighted by Gasteiger charge is 2.12. The molecule has 8 heteroatoms. The van der Waals surface area contributed by atoms with Gasteiger partial charge in [0.1, 0.15) is 11.6 Å². The van der Waals surface area contributed by atoms with E-state index in [1.54, 1.807) is 6.20 Å². The zero-order chi connectivity index (χ0) is 24.2. The Bertz CT molecular complexity index is 1490. The van der Waals surface area contributed by atoms with E-state index < -0.39 is 0 Å². The van der Waals surface area contributed by atoms with Crippen LogP contribution in [0.3, 0.4) is 0 Å². The van der Waals surface area contributed by atoms with Gasteiger partial charge in [0, 0.05) is 28.6 Å². The summed E-state index contributed by atoms with van der Waals surface area (Å²) in [6, 6.07) is 21.3. The van der Waals surface area contributed by atoms with Crippen LogP contribution < -0.4 is 15.4 Å². The number of fused-ring (bicyclic) bond motifs is 2. The van der Waals surface area contributed by atoms with Gasteiger partial charge in [0.15, 0.2) is 12.4 Å². The number of nitrogens with one attached hydrogen (secondary N) is 3. The maximum Gasteiger partial charge on any atom is 0.257 e. The molecule has 0 bridgehead atoms. The van der Waals surface area contributed by atoms with Gasteiger partial charge in [0.25, 0.3) is 5.91 Å². The number of aromatic nitrogens is 4. The standard InChI is InChI=1S/C27H26N6O2/c1-17(2)14-28-25(34)16-35-21-7-5-6-18(13-21)26-31-24-9-4-3-8-22(24)27(32-26)30-20-10-11-23-19(12-20)15-29-33-23/h3-13,15,17H,14,16H2,1-2H3,(H,28,34)(H,29,33)(H,30,31,32). The fraction of sp³-hybridized carbons (Fsp3) is 0.185. The number of amides is 1. The number of carbonyl (C=O) groups excluding carboxylic acids is 1. The average Bonchev–Trinajstić information content (AvgIpc) is 3.34. The van der Waals surface area contributed by atoms with Gasteiger partial charge in [0.2, 0.25) is 0 Å². The molecule has 0 saturated carbocycles. The zero-order valence-electron chi connectivity index (χ0n) is 19.6. The molecule has 3 aromatic carbocycles. The molecule has 2 aromatic heterocycles. The van der Waals surface area contributed by atoms with Gasteiger partial charge in [0.05, 0.1) is 17.2 Å². The van der Waals surface area contributed by atoms with Crippen molar-refractivity contribution in [3.05, 3.63) is 72.9 Å². The van der Waals surface area contributed by atoms with E-state index in [2.05, 4.69) is 20.8 Å². The first-order valence-corrected chi connectivity index (χ1v) is 11.5. The fourth-order valence-electron chi connectivity index (χ4n) is 3.70. The Kier molecular flexibility index (Phi) is 6.26. The van der Waals surface area contributed by atoms with Crippen molar-refractivity contribution >= 4 is 39.2 Å². The zero-order valence-corrected chi connectivity index (χ0v) is 19.6. The number of benzene rings is 3. The summed E-state index contributed by atoms with van der Waals surface area (Å²) in [6.45, 7) is 4.68. The summed E-state index contributed by atoms with van der Waals surface area (Å²) in [4.78, 5) is 21.6. The maximum absolute atomic E-state index is 12.0. The molecule has 3 N–H and O–H groups in total. The molecule has 0 unspecified atom stereocenters. The van der Waals surface area contributed by atoms with E-state index in [0.717, 1.165) is 33.1 Å². The lowest BCUT2D eigenvalue weighted by Gasteiger charge is -2.12. The number of H-pyrrole nitrogens is 1. The number of nitrogens with zero attached hydrogens (tertiary/aromatic N) is 3. The summed E-state index contributed by atoms with van der Waals surface area (Å²) in [7, 11) is 0. The first-order valence-electron chi connectivity index (χ1n) is 11.5. The SMILES string of the molecule is CC(C)CNC(=O)COc1cccc(-c2nc(Nc3ccc4[nH]ncc4c3)c3ccccc3n2)c1. The van der Waals surface area contributed by atoms with E-state index in [1.807, 2.05) is 80.6 Å². The van der Waals surface area contributed by atoms with E-state index in [0.29, 0.717) is 29.9 Å². The van der Waals surface area contributed by atoms with Crippen LogP contribution in [0, 0.1) is 5.92 Å². The van der Waals surface area contributed by atoms with Crippen LogP contribution >= 0.6 is 0 Å². The van der Waals surface area contributed by atoms with Crippen LogP contribution in [0.2, 0.25) is 0 Å². The Balaban J connectivity index is 1.42. The van der Waals surface area contributed by atoms with Gasteiger partial charge in [-0.3, -0.25) is 9.89 Å². The molecule has 0 atom stereocenters. The van der Waals surface area contributed by atoms with Crippen molar-refractivity contribution in [3.63, 3.8) is 0 Å². The van der Waals surface area contributed by atoms with Gasteiger partial charge < -0.3 is 15.4 Å². The molecule has 8 nitrogen and oxygen atoms in total. The Hall–Kier alpha value is -4.46. The normalized spacial score (nSPS) is 11.2. The van der Waals surface area contributed by atoms with E-state index in [9.17, 15) is 4.79 Å². The minimum atomic E-state index is -0.146. The first kappa shape index (κ1) is 22.3. The minimum absolute atomic E-state index is 0.0436. The number of hydrogen-bond acceptors (Lipinski definition) is 6. The molecule has 0 fully saturated rings. The molecule has 0 spiro atoms. The molecular formula is C27H26N6O2. The van der Waals surface area contributed by atoms with Gasteiger partial charge in [-0.25, -0.2) is 9.97 Å². The van der Waals surface area contributed by atoms with Gasteiger partial charge >= 0.3 is 0 Å². The quantitative estimate of drug-likeness (QED) is 0.295. The third kappa shape index (κ3) is 5.22. The summed E-state index contributed by atoms with van der Waals surface area (Å²) < 4.78 is 5.72. The minimum Gasteiger partial charge on any atom is -0.484 e. The molecule has 0 saturated heterocycles. The van der Waals surface area contributed by atoms with Crippen molar-refractivity contribution in [3.8, 4) is 17.1 Å². The largest absolute Gasteiger partial charge is 0.484 e. The van der Waals surface area contributed by atoms with Crippen LogP contribution in [0.4, 0.5) is 11.5 Å². The molecule has 35 heavy (non-hydrogen) atoms. The average molecular weight is 467 g/mol. The van der Waals surface area contributed by atoms with Crippen molar-refractivity contribution in [2.75, 3.05) is 18.5 Å². The van der Waals surface area contributed by atoms with Gasteiger partial charge in [-0.15, -0.1) is 0 Å². The molecule has 1 amide bonds. The van der Waals surface area contributed by atoms with Crippen LogP contribution in [0.5, 0.6) is 5.75 Å². The molecule has 0 aliphatic carbocycles. The highest BCUT2D eigenvalue weighted by molar-refractivity contribution is 5.93. The van der Waals surface area contributed by atoms with Crippen LogP contribution in [0.25, 0.3) is 33.2 Å². The molecule has 2 heterocycles.